The molecule has 1 aliphatic heterocycles. The Balaban J connectivity index is 2.01. The molecule has 0 saturated carbocycles. The lowest BCUT2D eigenvalue weighted by atomic mass is 10.1. The number of hydrogen-bond acceptors (Lipinski definition) is 0. The molecule has 0 aliphatic carbocycles. The molecular weight excluding hydrogens is 175 g/mol. The summed E-state index contributed by atoms with van der Waals surface area (Å²) in [6.45, 7) is 0. The van der Waals surface area contributed by atoms with E-state index < -0.39 is 0 Å². The van der Waals surface area contributed by atoms with Crippen molar-refractivity contribution in [2.75, 3.05) is 12.3 Å². The Morgan fingerprint density at radius 2 is 0.692 bits per heavy atom. The molecule has 78 valence electrons. The van der Waals surface area contributed by atoms with E-state index in [1.165, 1.54) is 85.1 Å². The third kappa shape index (κ3) is 7.50. The van der Waals surface area contributed by atoms with Crippen molar-refractivity contribution in [1.29, 1.82) is 0 Å². The SMILES string of the molecule is C1CCCCCCPCCCCC1. The van der Waals surface area contributed by atoms with Crippen LogP contribution in [-0.2, 0) is 0 Å². The minimum Gasteiger partial charge on any atom is -0.122 e. The lowest BCUT2D eigenvalue weighted by Gasteiger charge is -2.00. The van der Waals surface area contributed by atoms with E-state index in [2.05, 4.69) is 0 Å². The van der Waals surface area contributed by atoms with Gasteiger partial charge in [-0.15, -0.1) is 8.58 Å². The number of rotatable bonds is 0. The number of hydrogen-bond donors (Lipinski definition) is 0. The first-order valence-corrected chi connectivity index (χ1v) is 7.62. The molecule has 0 spiro atoms. The third-order valence-corrected chi connectivity index (χ3v) is 4.37. The zero-order valence-corrected chi connectivity index (χ0v) is 9.99. The monoisotopic (exact) mass is 200 g/mol. The summed E-state index contributed by atoms with van der Waals surface area (Å²) in [5.74, 6) is 0. The zero-order chi connectivity index (χ0) is 9.19. The van der Waals surface area contributed by atoms with Crippen LogP contribution in [0.15, 0.2) is 0 Å². The van der Waals surface area contributed by atoms with Crippen LogP contribution in [0.1, 0.15) is 64.2 Å². The average Bonchev–Trinajstić information content (AvgIpc) is 2.18. The average molecular weight is 200 g/mol. The van der Waals surface area contributed by atoms with Gasteiger partial charge >= 0.3 is 0 Å². The molecule has 1 fully saturated rings. The molecule has 0 unspecified atom stereocenters. The van der Waals surface area contributed by atoms with Crippen LogP contribution in [-0.4, -0.2) is 12.3 Å². The summed E-state index contributed by atoms with van der Waals surface area (Å²) in [6, 6.07) is 0. The maximum absolute atomic E-state index is 1.53. The molecule has 0 atom stereocenters. The van der Waals surface area contributed by atoms with Crippen LogP contribution in [0.25, 0.3) is 0 Å². The first-order chi connectivity index (χ1) is 6.50. The molecule has 13 heavy (non-hydrogen) atoms. The smallest absolute Gasteiger partial charge is 0.0353 e. The van der Waals surface area contributed by atoms with Gasteiger partial charge < -0.3 is 0 Å². The van der Waals surface area contributed by atoms with Gasteiger partial charge in [-0.3, -0.25) is 0 Å². The summed E-state index contributed by atoms with van der Waals surface area (Å²) in [4.78, 5) is 0. The van der Waals surface area contributed by atoms with Gasteiger partial charge in [0.2, 0.25) is 0 Å². The van der Waals surface area contributed by atoms with Gasteiger partial charge in [0, 0.05) is 0 Å². The van der Waals surface area contributed by atoms with Crippen molar-refractivity contribution in [1.82, 2.24) is 0 Å². The standard InChI is InChI=1S/C12H25P/c1-2-4-6-8-10-12-13-11-9-7-5-3-1/h13H,1-12H2. The molecule has 0 N–H and O–H groups in total. The van der Waals surface area contributed by atoms with Crippen LogP contribution in [0.4, 0.5) is 0 Å². The Bertz CT molecular complexity index is 53.2. The van der Waals surface area contributed by atoms with Crippen molar-refractivity contribution in [3.63, 3.8) is 0 Å². The van der Waals surface area contributed by atoms with Crippen molar-refractivity contribution in [2.45, 2.75) is 64.2 Å². The highest BCUT2D eigenvalue weighted by molar-refractivity contribution is 7.37. The molecule has 1 heterocycles. The van der Waals surface area contributed by atoms with Crippen molar-refractivity contribution >= 4 is 8.58 Å². The van der Waals surface area contributed by atoms with Gasteiger partial charge in [-0.2, -0.15) is 0 Å². The molecule has 1 rings (SSSR count). The molecule has 0 aromatic carbocycles. The minimum atomic E-state index is 1.28. The second kappa shape index (κ2) is 9.00. The summed E-state index contributed by atoms with van der Waals surface area (Å²) in [5.41, 5.74) is 0. The van der Waals surface area contributed by atoms with Gasteiger partial charge in [-0.25, -0.2) is 0 Å². The maximum Gasteiger partial charge on any atom is -0.0353 e. The van der Waals surface area contributed by atoms with E-state index >= 15 is 0 Å². The van der Waals surface area contributed by atoms with Gasteiger partial charge in [0.25, 0.3) is 0 Å². The predicted octanol–water partition coefficient (Wildman–Crippen LogP) is 4.58. The zero-order valence-electron chi connectivity index (χ0n) is 8.99. The molecule has 0 radical (unpaired) electrons. The summed E-state index contributed by atoms with van der Waals surface area (Å²) in [5, 5.41) is 0. The van der Waals surface area contributed by atoms with Crippen molar-refractivity contribution < 1.29 is 0 Å². The lowest BCUT2D eigenvalue weighted by molar-refractivity contribution is 0.566. The second-order valence-electron chi connectivity index (χ2n) is 4.29. The highest BCUT2D eigenvalue weighted by atomic mass is 31.1. The Morgan fingerprint density at radius 3 is 1.08 bits per heavy atom. The highest BCUT2D eigenvalue weighted by Crippen LogP contribution is 2.19. The molecule has 1 saturated heterocycles. The van der Waals surface area contributed by atoms with Crippen LogP contribution in [0.2, 0.25) is 0 Å². The minimum absolute atomic E-state index is 1.28. The summed E-state index contributed by atoms with van der Waals surface area (Å²) < 4.78 is 0. The van der Waals surface area contributed by atoms with E-state index in [-0.39, 0.29) is 0 Å². The summed E-state index contributed by atoms with van der Waals surface area (Å²) >= 11 is 0. The molecule has 0 aromatic rings. The van der Waals surface area contributed by atoms with E-state index in [0.717, 1.165) is 0 Å². The van der Waals surface area contributed by atoms with Crippen LogP contribution in [0, 0.1) is 0 Å². The highest BCUT2D eigenvalue weighted by Gasteiger charge is 1.95. The fourth-order valence-corrected chi connectivity index (χ4v) is 3.29. The quantitative estimate of drug-likeness (QED) is 0.502. The van der Waals surface area contributed by atoms with E-state index in [1.807, 2.05) is 0 Å². The topological polar surface area (TPSA) is 0 Å². The fourth-order valence-electron chi connectivity index (χ4n) is 2.04. The van der Waals surface area contributed by atoms with Gasteiger partial charge in [-0.05, 0) is 25.2 Å². The molecule has 0 aromatic heterocycles. The fraction of sp³-hybridized carbons (Fsp3) is 1.00. The van der Waals surface area contributed by atoms with Crippen molar-refractivity contribution in [3.05, 3.63) is 0 Å². The normalized spacial score (nSPS) is 24.0. The van der Waals surface area contributed by atoms with Crippen LogP contribution < -0.4 is 0 Å². The van der Waals surface area contributed by atoms with E-state index in [1.54, 1.807) is 0 Å². The molecule has 0 amide bonds. The van der Waals surface area contributed by atoms with Crippen molar-refractivity contribution in [3.8, 4) is 0 Å². The van der Waals surface area contributed by atoms with Crippen LogP contribution in [0.5, 0.6) is 0 Å². The van der Waals surface area contributed by atoms with E-state index in [4.69, 9.17) is 0 Å². The third-order valence-electron chi connectivity index (χ3n) is 2.96. The first-order valence-electron chi connectivity index (χ1n) is 6.21. The molecule has 0 bridgehead atoms. The largest absolute Gasteiger partial charge is 0.122 e. The molecule has 1 heteroatoms. The maximum atomic E-state index is 1.53. The summed E-state index contributed by atoms with van der Waals surface area (Å²) in [7, 11) is 1.28. The second-order valence-corrected chi connectivity index (χ2v) is 5.79. The van der Waals surface area contributed by atoms with Gasteiger partial charge in [0.15, 0.2) is 0 Å². The molecule has 0 nitrogen and oxygen atoms in total. The van der Waals surface area contributed by atoms with E-state index in [9.17, 15) is 0 Å². The predicted molar refractivity (Wildman–Crippen MR) is 64.2 cm³/mol. The lowest BCUT2D eigenvalue weighted by Crippen LogP contribution is -1.82. The van der Waals surface area contributed by atoms with Gasteiger partial charge in [0.1, 0.15) is 0 Å². The van der Waals surface area contributed by atoms with Gasteiger partial charge in [-0.1, -0.05) is 51.4 Å². The first kappa shape index (κ1) is 11.5. The van der Waals surface area contributed by atoms with Crippen molar-refractivity contribution in [2.24, 2.45) is 0 Å². The molecular formula is C12H25P. The molecule has 1 aliphatic rings. The van der Waals surface area contributed by atoms with Crippen LogP contribution in [0.3, 0.4) is 0 Å². The Morgan fingerprint density at radius 1 is 0.385 bits per heavy atom. The van der Waals surface area contributed by atoms with Gasteiger partial charge in [0.05, 0.1) is 0 Å². The Kier molecular flexibility index (Phi) is 7.97. The van der Waals surface area contributed by atoms with E-state index in [0.29, 0.717) is 0 Å². The Labute approximate surface area is 85.7 Å². The Hall–Kier alpha value is 0.430. The van der Waals surface area contributed by atoms with Crippen LogP contribution >= 0.6 is 8.58 Å². The summed E-state index contributed by atoms with van der Waals surface area (Å²) in [6.07, 6.45) is 18.1.